The monoisotopic (exact) mass is 240 g/mol. The molecule has 0 spiro atoms. The van der Waals surface area contributed by atoms with E-state index in [1.165, 1.54) is 11.1 Å². The number of hydrogen-bond acceptors (Lipinski definition) is 2. The summed E-state index contributed by atoms with van der Waals surface area (Å²) in [6, 6.07) is 6.17. The third kappa shape index (κ3) is 4.97. The summed E-state index contributed by atoms with van der Waals surface area (Å²) in [5.41, 5.74) is 2.47. The van der Waals surface area contributed by atoms with Gasteiger partial charge in [0.05, 0.1) is 0 Å². The molecule has 1 N–H and O–H groups in total. The van der Waals surface area contributed by atoms with Crippen molar-refractivity contribution in [1.82, 2.24) is 10.2 Å². The SMILES string of the molecule is CCN(C)CCNCc1cc(C)cc(Cl)c1. The lowest BCUT2D eigenvalue weighted by Gasteiger charge is -2.14. The molecule has 0 saturated heterocycles. The molecule has 0 aliphatic carbocycles. The number of benzene rings is 1. The molecule has 0 saturated carbocycles. The topological polar surface area (TPSA) is 15.3 Å². The summed E-state index contributed by atoms with van der Waals surface area (Å²) in [7, 11) is 2.13. The van der Waals surface area contributed by atoms with Crippen molar-refractivity contribution in [1.29, 1.82) is 0 Å². The molecule has 0 aromatic heterocycles. The highest BCUT2D eigenvalue weighted by Gasteiger charge is 1.97. The van der Waals surface area contributed by atoms with Gasteiger partial charge in [-0.3, -0.25) is 0 Å². The van der Waals surface area contributed by atoms with Gasteiger partial charge in [0.1, 0.15) is 0 Å². The van der Waals surface area contributed by atoms with Crippen molar-refractivity contribution in [2.24, 2.45) is 0 Å². The first-order chi connectivity index (χ1) is 7.61. The molecule has 1 rings (SSSR count). The molecule has 3 heteroatoms. The van der Waals surface area contributed by atoms with Crippen LogP contribution >= 0.6 is 11.6 Å². The van der Waals surface area contributed by atoms with Crippen LogP contribution in [0, 0.1) is 6.92 Å². The standard InChI is InChI=1S/C13H21ClN2/c1-4-16(3)6-5-15-10-12-7-11(2)8-13(14)9-12/h7-9,15H,4-6,10H2,1-3H3. The summed E-state index contributed by atoms with van der Waals surface area (Å²) >= 11 is 6.00. The molecule has 90 valence electrons. The summed E-state index contributed by atoms with van der Waals surface area (Å²) in [5, 5.41) is 4.24. The number of likely N-dealkylation sites (N-methyl/N-ethyl adjacent to an activating group) is 1. The predicted octanol–water partition coefficient (Wildman–Crippen LogP) is 2.69. The van der Waals surface area contributed by atoms with Crippen molar-refractivity contribution in [2.45, 2.75) is 20.4 Å². The third-order valence-corrected chi connectivity index (χ3v) is 2.86. The molecule has 0 amide bonds. The molecule has 0 heterocycles. The van der Waals surface area contributed by atoms with Gasteiger partial charge in [0.25, 0.3) is 0 Å². The largest absolute Gasteiger partial charge is 0.311 e. The molecule has 2 nitrogen and oxygen atoms in total. The lowest BCUT2D eigenvalue weighted by Crippen LogP contribution is -2.28. The minimum absolute atomic E-state index is 0.822. The lowest BCUT2D eigenvalue weighted by atomic mass is 10.1. The second-order valence-corrected chi connectivity index (χ2v) is 4.65. The highest BCUT2D eigenvalue weighted by Crippen LogP contribution is 2.14. The average molecular weight is 241 g/mol. The second-order valence-electron chi connectivity index (χ2n) is 4.21. The minimum atomic E-state index is 0.822. The molecule has 0 radical (unpaired) electrons. The maximum atomic E-state index is 6.00. The molecule has 0 unspecified atom stereocenters. The van der Waals surface area contributed by atoms with Gasteiger partial charge in [0, 0.05) is 24.7 Å². The Hall–Kier alpha value is -0.570. The van der Waals surface area contributed by atoms with Crippen molar-refractivity contribution >= 4 is 11.6 Å². The molecule has 0 aliphatic heterocycles. The van der Waals surface area contributed by atoms with E-state index in [9.17, 15) is 0 Å². The summed E-state index contributed by atoms with van der Waals surface area (Å²) in [4.78, 5) is 2.29. The van der Waals surface area contributed by atoms with Crippen LogP contribution in [-0.4, -0.2) is 31.6 Å². The number of halogens is 1. The van der Waals surface area contributed by atoms with E-state index < -0.39 is 0 Å². The zero-order valence-corrected chi connectivity index (χ0v) is 11.1. The van der Waals surface area contributed by atoms with Crippen molar-refractivity contribution < 1.29 is 0 Å². The molecule has 1 aromatic carbocycles. The van der Waals surface area contributed by atoms with Gasteiger partial charge in [-0.05, 0) is 43.8 Å². The van der Waals surface area contributed by atoms with E-state index in [-0.39, 0.29) is 0 Å². The first-order valence-electron chi connectivity index (χ1n) is 5.77. The van der Waals surface area contributed by atoms with Gasteiger partial charge >= 0.3 is 0 Å². The predicted molar refractivity (Wildman–Crippen MR) is 71.1 cm³/mol. The van der Waals surface area contributed by atoms with Crippen LogP contribution in [0.3, 0.4) is 0 Å². The Kier molecular flexibility index (Phi) is 5.81. The van der Waals surface area contributed by atoms with Crippen molar-refractivity contribution in [3.8, 4) is 0 Å². The number of hydrogen-bond donors (Lipinski definition) is 1. The van der Waals surface area contributed by atoms with E-state index in [1.807, 2.05) is 12.1 Å². The van der Waals surface area contributed by atoms with Gasteiger partial charge in [0.2, 0.25) is 0 Å². The Morgan fingerprint density at radius 1 is 1.31 bits per heavy atom. The van der Waals surface area contributed by atoms with Crippen LogP contribution in [0.2, 0.25) is 5.02 Å². The lowest BCUT2D eigenvalue weighted by molar-refractivity contribution is 0.349. The summed E-state index contributed by atoms with van der Waals surface area (Å²) < 4.78 is 0. The smallest absolute Gasteiger partial charge is 0.0411 e. The molecule has 0 bridgehead atoms. The van der Waals surface area contributed by atoms with Gasteiger partial charge in [-0.1, -0.05) is 24.6 Å². The van der Waals surface area contributed by atoms with Gasteiger partial charge in [-0.2, -0.15) is 0 Å². The van der Waals surface area contributed by atoms with Crippen LogP contribution in [-0.2, 0) is 6.54 Å². The number of nitrogens with one attached hydrogen (secondary N) is 1. The van der Waals surface area contributed by atoms with Crippen LogP contribution < -0.4 is 5.32 Å². The van der Waals surface area contributed by atoms with Crippen LogP contribution in [0.1, 0.15) is 18.1 Å². The van der Waals surface area contributed by atoms with E-state index >= 15 is 0 Å². The van der Waals surface area contributed by atoms with Crippen LogP contribution in [0.5, 0.6) is 0 Å². The number of rotatable bonds is 6. The maximum absolute atomic E-state index is 6.00. The third-order valence-electron chi connectivity index (χ3n) is 2.64. The fraction of sp³-hybridized carbons (Fsp3) is 0.538. The molecule has 1 aromatic rings. The average Bonchev–Trinajstić information content (AvgIpc) is 2.22. The summed E-state index contributed by atoms with van der Waals surface area (Å²) in [6.07, 6.45) is 0. The molecule has 16 heavy (non-hydrogen) atoms. The highest BCUT2D eigenvalue weighted by molar-refractivity contribution is 6.30. The molecule has 0 atom stereocenters. The fourth-order valence-corrected chi connectivity index (χ4v) is 1.89. The van der Waals surface area contributed by atoms with E-state index in [2.05, 4.69) is 37.2 Å². The minimum Gasteiger partial charge on any atom is -0.311 e. The Balaban J connectivity index is 2.32. The van der Waals surface area contributed by atoms with Gasteiger partial charge in [0.15, 0.2) is 0 Å². The second kappa shape index (κ2) is 6.89. The van der Waals surface area contributed by atoms with Crippen LogP contribution in [0.25, 0.3) is 0 Å². The van der Waals surface area contributed by atoms with Gasteiger partial charge in [-0.15, -0.1) is 0 Å². The fourth-order valence-electron chi connectivity index (χ4n) is 1.57. The van der Waals surface area contributed by atoms with Crippen LogP contribution in [0.4, 0.5) is 0 Å². The summed E-state index contributed by atoms with van der Waals surface area (Å²) in [5.74, 6) is 0. The van der Waals surface area contributed by atoms with Crippen LogP contribution in [0.15, 0.2) is 18.2 Å². The first kappa shape index (κ1) is 13.5. The highest BCUT2D eigenvalue weighted by atomic mass is 35.5. The zero-order valence-electron chi connectivity index (χ0n) is 10.4. The quantitative estimate of drug-likeness (QED) is 0.770. The summed E-state index contributed by atoms with van der Waals surface area (Å²) in [6.45, 7) is 8.31. The Bertz CT molecular complexity index is 305. The van der Waals surface area contributed by atoms with Gasteiger partial charge in [-0.25, -0.2) is 0 Å². The number of aryl methyl sites for hydroxylation is 1. The Morgan fingerprint density at radius 2 is 2.06 bits per heavy atom. The Morgan fingerprint density at radius 3 is 2.69 bits per heavy atom. The number of nitrogens with zero attached hydrogens (tertiary/aromatic N) is 1. The van der Waals surface area contributed by atoms with Crippen molar-refractivity contribution in [3.63, 3.8) is 0 Å². The van der Waals surface area contributed by atoms with E-state index in [0.717, 1.165) is 31.2 Å². The van der Waals surface area contributed by atoms with E-state index in [4.69, 9.17) is 11.6 Å². The van der Waals surface area contributed by atoms with E-state index in [1.54, 1.807) is 0 Å². The van der Waals surface area contributed by atoms with Crippen molar-refractivity contribution in [3.05, 3.63) is 34.3 Å². The normalized spacial score (nSPS) is 11.1. The first-order valence-corrected chi connectivity index (χ1v) is 6.15. The van der Waals surface area contributed by atoms with Gasteiger partial charge < -0.3 is 10.2 Å². The Labute approximate surface area is 104 Å². The van der Waals surface area contributed by atoms with E-state index in [0.29, 0.717) is 0 Å². The zero-order chi connectivity index (χ0) is 12.0. The molecule has 0 fully saturated rings. The maximum Gasteiger partial charge on any atom is 0.0411 e. The van der Waals surface area contributed by atoms with Crippen molar-refractivity contribution in [2.75, 3.05) is 26.7 Å². The molecular formula is C13H21ClN2. The molecular weight excluding hydrogens is 220 g/mol. The molecule has 0 aliphatic rings.